The van der Waals surface area contributed by atoms with Crippen LogP contribution in [0.4, 0.5) is 0 Å². The second-order valence-corrected chi connectivity index (χ2v) is 15.9. The van der Waals surface area contributed by atoms with E-state index in [-0.39, 0.29) is 13.0 Å². The van der Waals surface area contributed by atoms with E-state index in [1.165, 1.54) is 135 Å². The summed E-state index contributed by atoms with van der Waals surface area (Å²) < 4.78 is 33.3. The number of hydrogen-bond donors (Lipinski definition) is 3. The predicted molar refractivity (Wildman–Crippen MR) is 212 cm³/mol. The van der Waals surface area contributed by atoms with Gasteiger partial charge >= 0.3 is 19.8 Å². The number of unbranched alkanes of at least 4 members (excludes halogenated alkanes) is 25. The summed E-state index contributed by atoms with van der Waals surface area (Å²) in [6, 6.07) is -1.47. The van der Waals surface area contributed by atoms with E-state index in [0.29, 0.717) is 6.61 Å². The molecule has 308 valence electrons. The Labute approximate surface area is 318 Å². The highest BCUT2D eigenvalue weighted by Crippen LogP contribution is 2.43. The topological polar surface area (TPSA) is 155 Å². The number of hydrogen-bond acceptors (Lipinski definition) is 8. The van der Waals surface area contributed by atoms with Crippen molar-refractivity contribution < 1.29 is 42.7 Å². The predicted octanol–water partition coefficient (Wildman–Crippen LogP) is 11.4. The van der Waals surface area contributed by atoms with Gasteiger partial charge in [-0.3, -0.25) is 18.6 Å². The molecular weight excluding hydrogens is 681 g/mol. The number of nitrogens with two attached hydrogens (primary N) is 1. The summed E-state index contributed by atoms with van der Waals surface area (Å²) in [4.78, 5) is 33.5. The number of rotatable bonds is 41. The lowest BCUT2D eigenvalue weighted by Gasteiger charge is -2.20. The largest absolute Gasteiger partial charge is 0.480 e. The van der Waals surface area contributed by atoms with Gasteiger partial charge in [0.15, 0.2) is 0 Å². The van der Waals surface area contributed by atoms with Crippen molar-refractivity contribution in [1.82, 2.24) is 0 Å². The number of carboxylic acids is 1. The fourth-order valence-corrected chi connectivity index (χ4v) is 6.73. The SMILES string of the molecule is CCCCC/C=C\CCCCCCCCOCC(COP(=O)(O)OCC(N)C(=O)O)OC(=O)CCCCCCCCCCCCCCCCCCC. The minimum Gasteiger partial charge on any atom is -0.480 e. The summed E-state index contributed by atoms with van der Waals surface area (Å²) in [6.45, 7) is 3.87. The first kappa shape index (κ1) is 50.7. The molecule has 0 saturated heterocycles. The van der Waals surface area contributed by atoms with Gasteiger partial charge in [0.2, 0.25) is 0 Å². The number of carboxylic acid groups (broad SMARTS) is 1. The summed E-state index contributed by atoms with van der Waals surface area (Å²) in [5.41, 5.74) is 5.35. The fraction of sp³-hybridized carbons (Fsp3) is 0.902. The highest BCUT2D eigenvalue weighted by atomic mass is 31.2. The van der Waals surface area contributed by atoms with Gasteiger partial charge in [-0.15, -0.1) is 0 Å². The maximum Gasteiger partial charge on any atom is 0.472 e. The summed E-state index contributed by atoms with van der Waals surface area (Å²) in [7, 11) is -4.61. The highest BCUT2D eigenvalue weighted by molar-refractivity contribution is 7.47. The molecule has 10 nitrogen and oxygen atoms in total. The minimum absolute atomic E-state index is 0.0179. The van der Waals surface area contributed by atoms with Crippen LogP contribution < -0.4 is 5.73 Å². The maximum absolute atomic E-state index is 12.6. The molecule has 0 bridgehead atoms. The minimum atomic E-state index is -4.61. The van der Waals surface area contributed by atoms with Crippen LogP contribution in [0.25, 0.3) is 0 Å². The monoisotopic (exact) mass is 762 g/mol. The first-order valence-corrected chi connectivity index (χ1v) is 22.7. The fourth-order valence-electron chi connectivity index (χ4n) is 5.95. The van der Waals surface area contributed by atoms with Gasteiger partial charge in [-0.05, 0) is 38.5 Å². The molecule has 52 heavy (non-hydrogen) atoms. The zero-order valence-corrected chi connectivity index (χ0v) is 34.3. The van der Waals surface area contributed by atoms with Crippen LogP contribution in [0.1, 0.15) is 200 Å². The summed E-state index contributed by atoms with van der Waals surface area (Å²) in [5.74, 6) is -1.77. The molecule has 4 N–H and O–H groups in total. The normalized spacial score (nSPS) is 14.1. The molecule has 0 aliphatic carbocycles. The van der Waals surface area contributed by atoms with Gasteiger partial charge in [0.1, 0.15) is 12.1 Å². The molecule has 0 aliphatic heterocycles. The van der Waals surface area contributed by atoms with Crippen molar-refractivity contribution in [3.05, 3.63) is 12.2 Å². The average Bonchev–Trinajstić information content (AvgIpc) is 3.12. The van der Waals surface area contributed by atoms with Crippen molar-refractivity contribution >= 4 is 19.8 Å². The zero-order chi connectivity index (χ0) is 38.4. The van der Waals surface area contributed by atoms with Crippen molar-refractivity contribution in [1.29, 1.82) is 0 Å². The Bertz CT molecular complexity index is 888. The lowest BCUT2D eigenvalue weighted by Crippen LogP contribution is -2.34. The summed E-state index contributed by atoms with van der Waals surface area (Å²) in [6.07, 6.45) is 38.3. The highest BCUT2D eigenvalue weighted by Gasteiger charge is 2.27. The molecule has 0 aromatic carbocycles. The van der Waals surface area contributed by atoms with E-state index in [4.69, 9.17) is 29.4 Å². The number of allylic oxidation sites excluding steroid dienone is 2. The van der Waals surface area contributed by atoms with Crippen LogP contribution in [-0.2, 0) is 32.7 Å². The second-order valence-electron chi connectivity index (χ2n) is 14.5. The lowest BCUT2D eigenvalue weighted by molar-refractivity contribution is -0.154. The van der Waals surface area contributed by atoms with Crippen LogP contribution in [0.2, 0.25) is 0 Å². The Morgan fingerprint density at radius 2 is 1.00 bits per heavy atom. The standard InChI is InChI=1S/C41H80NO9P/c1-3-5-7-9-11-13-15-17-18-19-20-21-23-25-27-29-31-33-40(43)51-38(36-49-52(46,47)50-37-39(42)41(44)45)35-48-34-32-30-28-26-24-22-16-14-12-10-8-6-4-2/h12,14,38-39H,3-11,13,15-37,42H2,1-2H3,(H,44,45)(H,46,47)/b14-12-. The van der Waals surface area contributed by atoms with E-state index in [0.717, 1.165) is 44.9 Å². The molecule has 0 fully saturated rings. The van der Waals surface area contributed by atoms with Crippen LogP contribution in [0.5, 0.6) is 0 Å². The molecule has 0 aromatic rings. The third-order valence-electron chi connectivity index (χ3n) is 9.29. The van der Waals surface area contributed by atoms with Crippen molar-refractivity contribution in [2.24, 2.45) is 5.73 Å². The third-order valence-corrected chi connectivity index (χ3v) is 10.2. The lowest BCUT2D eigenvalue weighted by atomic mass is 10.0. The molecule has 0 radical (unpaired) electrons. The molecule has 0 spiro atoms. The molecule has 0 aliphatic rings. The van der Waals surface area contributed by atoms with Crippen molar-refractivity contribution in [3.8, 4) is 0 Å². The molecule has 0 saturated carbocycles. The third kappa shape index (κ3) is 37.0. The number of carbonyl (C=O) groups is 2. The van der Waals surface area contributed by atoms with Gasteiger partial charge in [0.05, 0.1) is 19.8 Å². The Morgan fingerprint density at radius 3 is 1.50 bits per heavy atom. The van der Waals surface area contributed by atoms with Crippen molar-refractivity contribution in [2.45, 2.75) is 212 Å². The van der Waals surface area contributed by atoms with Gasteiger partial charge in [0, 0.05) is 13.0 Å². The number of phosphoric ester groups is 1. The van der Waals surface area contributed by atoms with Gasteiger partial charge in [-0.25, -0.2) is 4.57 Å². The summed E-state index contributed by atoms with van der Waals surface area (Å²) in [5, 5.41) is 8.88. The number of ether oxygens (including phenoxy) is 2. The number of phosphoric acid groups is 1. The number of aliphatic carboxylic acids is 1. The van der Waals surface area contributed by atoms with E-state index in [2.05, 4.69) is 26.0 Å². The Hall–Kier alpha value is -1.29. The molecule has 0 amide bonds. The van der Waals surface area contributed by atoms with Gasteiger partial charge in [-0.1, -0.05) is 167 Å². The van der Waals surface area contributed by atoms with Gasteiger partial charge in [-0.2, -0.15) is 0 Å². The van der Waals surface area contributed by atoms with E-state index in [1.807, 2.05) is 0 Å². The molecule has 3 unspecified atom stereocenters. The van der Waals surface area contributed by atoms with Crippen LogP contribution in [0.3, 0.4) is 0 Å². The summed E-state index contributed by atoms with van der Waals surface area (Å²) >= 11 is 0. The second kappa shape index (κ2) is 38.0. The maximum atomic E-state index is 12.6. The molecule has 0 heterocycles. The number of carbonyl (C=O) groups excluding carboxylic acids is 1. The molecular formula is C41H80NO9P. The molecule has 0 rings (SSSR count). The van der Waals surface area contributed by atoms with E-state index in [9.17, 15) is 19.0 Å². The zero-order valence-electron chi connectivity index (χ0n) is 33.4. The van der Waals surface area contributed by atoms with E-state index in [1.54, 1.807) is 0 Å². The Balaban J connectivity index is 4.21. The first-order chi connectivity index (χ1) is 25.2. The van der Waals surface area contributed by atoms with Gasteiger partial charge < -0.3 is 25.2 Å². The van der Waals surface area contributed by atoms with Crippen molar-refractivity contribution in [3.63, 3.8) is 0 Å². The Morgan fingerprint density at radius 1 is 0.596 bits per heavy atom. The molecule has 0 aromatic heterocycles. The first-order valence-electron chi connectivity index (χ1n) is 21.2. The van der Waals surface area contributed by atoms with E-state index >= 15 is 0 Å². The van der Waals surface area contributed by atoms with Gasteiger partial charge in [0.25, 0.3) is 0 Å². The molecule has 11 heteroatoms. The average molecular weight is 762 g/mol. The molecule has 3 atom stereocenters. The van der Waals surface area contributed by atoms with Crippen LogP contribution >= 0.6 is 7.82 Å². The smallest absolute Gasteiger partial charge is 0.472 e. The quantitative estimate of drug-likeness (QED) is 0.0237. The van der Waals surface area contributed by atoms with E-state index < -0.39 is 45.1 Å². The number of esters is 1. The van der Waals surface area contributed by atoms with Crippen molar-refractivity contribution in [2.75, 3.05) is 26.4 Å². The van der Waals surface area contributed by atoms with Crippen LogP contribution in [0, 0.1) is 0 Å². The van der Waals surface area contributed by atoms with Crippen LogP contribution in [-0.4, -0.2) is 60.5 Å². The Kier molecular flexibility index (Phi) is 37.1. The van der Waals surface area contributed by atoms with Crippen LogP contribution in [0.15, 0.2) is 12.2 Å².